The Labute approximate surface area is 152 Å². The van der Waals surface area contributed by atoms with E-state index < -0.39 is 0 Å². The molecule has 0 saturated carbocycles. The summed E-state index contributed by atoms with van der Waals surface area (Å²) in [5, 5.41) is 3.90. The van der Waals surface area contributed by atoms with E-state index in [-0.39, 0.29) is 11.5 Å². The molecule has 0 radical (unpaired) electrons. The number of benzene rings is 2. The molecule has 1 heterocycles. The van der Waals surface area contributed by atoms with Crippen molar-refractivity contribution in [3.8, 4) is 5.75 Å². The standard InChI is InChI=1S/C21H22N2O3/c1-13-4-5-14(2)19-18(13)12-16(21(25)23-19)10-11-22-20(24)15-6-8-17(26-3)9-7-15/h4-9,12H,10-11H2,1-3H3,(H,22,24)(H,23,25). The van der Waals surface area contributed by atoms with Crippen LogP contribution in [0, 0.1) is 13.8 Å². The minimum atomic E-state index is -0.170. The average Bonchev–Trinajstić information content (AvgIpc) is 2.65. The minimum absolute atomic E-state index is 0.107. The third kappa shape index (κ3) is 3.61. The summed E-state index contributed by atoms with van der Waals surface area (Å²) >= 11 is 0. The number of pyridine rings is 1. The largest absolute Gasteiger partial charge is 0.497 e. The highest BCUT2D eigenvalue weighted by molar-refractivity contribution is 5.94. The number of fused-ring (bicyclic) bond motifs is 1. The topological polar surface area (TPSA) is 71.2 Å². The van der Waals surface area contributed by atoms with Crippen LogP contribution in [0.4, 0.5) is 0 Å². The number of aromatic nitrogens is 1. The minimum Gasteiger partial charge on any atom is -0.497 e. The fourth-order valence-electron chi connectivity index (χ4n) is 2.96. The first-order valence-electron chi connectivity index (χ1n) is 8.54. The number of nitrogens with one attached hydrogen (secondary N) is 2. The second kappa shape index (κ2) is 7.44. The van der Waals surface area contributed by atoms with E-state index in [0.717, 1.165) is 22.0 Å². The summed E-state index contributed by atoms with van der Waals surface area (Å²) in [5.74, 6) is 0.534. The molecule has 5 nitrogen and oxygen atoms in total. The van der Waals surface area contributed by atoms with Crippen molar-refractivity contribution in [2.24, 2.45) is 0 Å². The molecule has 0 aliphatic rings. The Morgan fingerprint density at radius 2 is 1.77 bits per heavy atom. The molecule has 0 aliphatic heterocycles. The number of ether oxygens (including phenoxy) is 1. The summed E-state index contributed by atoms with van der Waals surface area (Å²) in [6.07, 6.45) is 0.473. The second-order valence-corrected chi connectivity index (χ2v) is 6.35. The maximum Gasteiger partial charge on any atom is 0.251 e. The van der Waals surface area contributed by atoms with Crippen LogP contribution in [0.3, 0.4) is 0 Å². The fourth-order valence-corrected chi connectivity index (χ4v) is 2.96. The van der Waals surface area contributed by atoms with Gasteiger partial charge in [0.05, 0.1) is 12.6 Å². The Balaban J connectivity index is 1.71. The molecule has 26 heavy (non-hydrogen) atoms. The van der Waals surface area contributed by atoms with Crippen molar-refractivity contribution < 1.29 is 9.53 Å². The Morgan fingerprint density at radius 3 is 2.46 bits per heavy atom. The van der Waals surface area contributed by atoms with E-state index >= 15 is 0 Å². The van der Waals surface area contributed by atoms with Crippen LogP contribution in [0.15, 0.2) is 47.3 Å². The van der Waals surface area contributed by atoms with Crippen LogP contribution >= 0.6 is 0 Å². The van der Waals surface area contributed by atoms with Gasteiger partial charge < -0.3 is 15.0 Å². The summed E-state index contributed by atoms with van der Waals surface area (Å²) < 4.78 is 5.08. The molecule has 2 N–H and O–H groups in total. The lowest BCUT2D eigenvalue weighted by molar-refractivity contribution is 0.0954. The van der Waals surface area contributed by atoms with Gasteiger partial charge in [-0.3, -0.25) is 9.59 Å². The first kappa shape index (κ1) is 17.7. The quantitative estimate of drug-likeness (QED) is 0.743. The van der Waals surface area contributed by atoms with E-state index in [4.69, 9.17) is 4.74 Å². The molecule has 3 rings (SSSR count). The Kier molecular flexibility index (Phi) is 5.07. The maximum absolute atomic E-state index is 12.3. The fraction of sp³-hybridized carbons (Fsp3) is 0.238. The van der Waals surface area contributed by atoms with Crippen molar-refractivity contribution in [3.63, 3.8) is 0 Å². The number of aryl methyl sites for hydroxylation is 2. The number of H-pyrrole nitrogens is 1. The Hall–Kier alpha value is -3.08. The van der Waals surface area contributed by atoms with E-state index in [9.17, 15) is 9.59 Å². The van der Waals surface area contributed by atoms with Gasteiger partial charge in [-0.05, 0) is 61.7 Å². The number of aromatic amines is 1. The summed E-state index contributed by atoms with van der Waals surface area (Å²) in [5.41, 5.74) is 4.16. The molecule has 5 heteroatoms. The van der Waals surface area contributed by atoms with Gasteiger partial charge in [-0.15, -0.1) is 0 Å². The number of methoxy groups -OCH3 is 1. The first-order valence-corrected chi connectivity index (χ1v) is 8.54. The number of hydrogen-bond acceptors (Lipinski definition) is 3. The molecule has 0 bridgehead atoms. The van der Waals surface area contributed by atoms with Gasteiger partial charge in [-0.25, -0.2) is 0 Å². The van der Waals surface area contributed by atoms with Crippen LogP contribution in [-0.4, -0.2) is 24.5 Å². The smallest absolute Gasteiger partial charge is 0.251 e. The van der Waals surface area contributed by atoms with Gasteiger partial charge in [-0.1, -0.05) is 12.1 Å². The van der Waals surface area contributed by atoms with Gasteiger partial charge in [0, 0.05) is 23.1 Å². The van der Waals surface area contributed by atoms with E-state index in [1.54, 1.807) is 31.4 Å². The van der Waals surface area contributed by atoms with Gasteiger partial charge in [0.25, 0.3) is 11.5 Å². The van der Waals surface area contributed by atoms with E-state index in [0.29, 0.717) is 29.8 Å². The highest BCUT2D eigenvalue weighted by atomic mass is 16.5. The zero-order valence-electron chi connectivity index (χ0n) is 15.2. The van der Waals surface area contributed by atoms with Gasteiger partial charge in [0.2, 0.25) is 0 Å². The Morgan fingerprint density at radius 1 is 1.08 bits per heavy atom. The van der Waals surface area contributed by atoms with Gasteiger partial charge in [-0.2, -0.15) is 0 Å². The SMILES string of the molecule is COc1ccc(C(=O)NCCc2cc3c(C)ccc(C)c3[nH]c2=O)cc1. The van der Waals surface area contributed by atoms with Crippen LogP contribution in [-0.2, 0) is 6.42 Å². The zero-order valence-corrected chi connectivity index (χ0v) is 15.2. The van der Waals surface area contributed by atoms with Crippen molar-refractivity contribution in [3.05, 3.63) is 75.1 Å². The van der Waals surface area contributed by atoms with Crippen LogP contribution in [0.25, 0.3) is 10.9 Å². The summed E-state index contributed by atoms with van der Waals surface area (Å²) in [4.78, 5) is 27.5. The number of carbonyl (C=O) groups excluding carboxylic acids is 1. The van der Waals surface area contributed by atoms with Gasteiger partial charge in [0.1, 0.15) is 5.75 Å². The average molecular weight is 350 g/mol. The molecule has 0 unspecified atom stereocenters. The number of amides is 1. The van der Waals surface area contributed by atoms with Crippen LogP contribution in [0.2, 0.25) is 0 Å². The highest BCUT2D eigenvalue weighted by Crippen LogP contribution is 2.19. The molecular weight excluding hydrogens is 328 g/mol. The Bertz CT molecular complexity index is 1000. The normalized spacial score (nSPS) is 10.7. The van der Waals surface area contributed by atoms with Crippen molar-refractivity contribution >= 4 is 16.8 Å². The molecule has 0 fully saturated rings. The lowest BCUT2D eigenvalue weighted by Gasteiger charge is -2.09. The zero-order chi connectivity index (χ0) is 18.7. The van der Waals surface area contributed by atoms with E-state index in [1.807, 2.05) is 32.0 Å². The van der Waals surface area contributed by atoms with E-state index in [2.05, 4.69) is 10.3 Å². The number of hydrogen-bond donors (Lipinski definition) is 2. The van der Waals surface area contributed by atoms with Crippen LogP contribution in [0.5, 0.6) is 5.75 Å². The van der Waals surface area contributed by atoms with Crippen molar-refractivity contribution in [2.75, 3.05) is 13.7 Å². The maximum atomic E-state index is 12.3. The molecule has 0 saturated heterocycles. The first-order chi connectivity index (χ1) is 12.5. The molecule has 1 aromatic heterocycles. The molecule has 0 aliphatic carbocycles. The lowest BCUT2D eigenvalue weighted by atomic mass is 10.0. The molecule has 3 aromatic rings. The summed E-state index contributed by atoms with van der Waals surface area (Å²) in [6, 6.07) is 12.9. The molecule has 134 valence electrons. The monoisotopic (exact) mass is 350 g/mol. The van der Waals surface area contributed by atoms with Crippen molar-refractivity contribution in [1.29, 1.82) is 0 Å². The van der Waals surface area contributed by atoms with Crippen LogP contribution in [0.1, 0.15) is 27.0 Å². The van der Waals surface area contributed by atoms with Crippen LogP contribution < -0.4 is 15.6 Å². The van der Waals surface area contributed by atoms with Crippen molar-refractivity contribution in [2.45, 2.75) is 20.3 Å². The molecule has 2 aromatic carbocycles. The third-order valence-corrected chi connectivity index (χ3v) is 4.55. The summed E-state index contributed by atoms with van der Waals surface area (Å²) in [6.45, 7) is 4.39. The number of rotatable bonds is 5. The predicted octanol–water partition coefficient (Wildman–Crippen LogP) is 3.13. The van der Waals surface area contributed by atoms with Gasteiger partial charge in [0.15, 0.2) is 0 Å². The highest BCUT2D eigenvalue weighted by Gasteiger charge is 2.09. The van der Waals surface area contributed by atoms with Crippen molar-refractivity contribution in [1.82, 2.24) is 10.3 Å². The molecule has 0 spiro atoms. The summed E-state index contributed by atoms with van der Waals surface area (Å²) in [7, 11) is 1.58. The molecular formula is C21H22N2O3. The number of carbonyl (C=O) groups is 1. The van der Waals surface area contributed by atoms with E-state index in [1.165, 1.54) is 0 Å². The predicted molar refractivity (Wildman–Crippen MR) is 103 cm³/mol. The third-order valence-electron chi connectivity index (χ3n) is 4.55. The second-order valence-electron chi connectivity index (χ2n) is 6.35. The van der Waals surface area contributed by atoms with Gasteiger partial charge >= 0.3 is 0 Å². The molecule has 1 amide bonds. The molecule has 0 atom stereocenters. The lowest BCUT2D eigenvalue weighted by Crippen LogP contribution is -2.27.